The van der Waals surface area contributed by atoms with E-state index < -0.39 is 6.09 Å². The lowest BCUT2D eigenvalue weighted by Crippen LogP contribution is -2.35. The molecule has 1 amide bonds. The molecule has 2 atom stereocenters. The summed E-state index contributed by atoms with van der Waals surface area (Å²) in [5, 5.41) is 3.37. The Labute approximate surface area is 200 Å². The molecule has 0 bridgehead atoms. The van der Waals surface area contributed by atoms with Crippen molar-refractivity contribution in [2.45, 2.75) is 58.5 Å². The number of nitrogens with one attached hydrogen (secondary N) is 1. The van der Waals surface area contributed by atoms with Crippen molar-refractivity contribution in [2.24, 2.45) is 0 Å². The van der Waals surface area contributed by atoms with Gasteiger partial charge in [0.2, 0.25) is 11.9 Å². The molecule has 178 valence electrons. The summed E-state index contributed by atoms with van der Waals surface area (Å²) in [4.78, 5) is 27.8. The predicted molar refractivity (Wildman–Crippen MR) is 131 cm³/mol. The van der Waals surface area contributed by atoms with Crippen LogP contribution in [0.15, 0.2) is 54.6 Å². The first-order valence-corrected chi connectivity index (χ1v) is 11.6. The van der Waals surface area contributed by atoms with E-state index in [1.54, 1.807) is 0 Å². The Morgan fingerprint density at radius 2 is 1.74 bits per heavy atom. The van der Waals surface area contributed by atoms with Crippen LogP contribution in [-0.4, -0.2) is 33.7 Å². The van der Waals surface area contributed by atoms with Crippen molar-refractivity contribution in [1.82, 2.24) is 15.0 Å². The molecule has 3 aromatic rings. The van der Waals surface area contributed by atoms with E-state index in [2.05, 4.69) is 20.3 Å². The lowest BCUT2D eigenvalue weighted by atomic mass is 9.96. The van der Waals surface area contributed by atoms with Gasteiger partial charge in [0.1, 0.15) is 23.9 Å². The van der Waals surface area contributed by atoms with Crippen LogP contribution in [0.4, 0.5) is 16.7 Å². The molecule has 2 aromatic carbocycles. The highest BCUT2D eigenvalue weighted by Gasteiger charge is 2.36. The molecular weight excluding hydrogens is 430 g/mol. The summed E-state index contributed by atoms with van der Waals surface area (Å²) < 4.78 is 11.1. The van der Waals surface area contributed by atoms with Crippen LogP contribution in [0.25, 0.3) is 0 Å². The number of rotatable bonds is 7. The van der Waals surface area contributed by atoms with Crippen LogP contribution in [0.3, 0.4) is 0 Å². The fourth-order valence-electron chi connectivity index (χ4n) is 3.60. The molecule has 8 nitrogen and oxygen atoms in total. The number of benzene rings is 2. The summed E-state index contributed by atoms with van der Waals surface area (Å²) in [5.41, 5.74) is 0.728. The number of hydrogen-bond acceptors (Lipinski definition) is 7. The largest absolute Gasteiger partial charge is 0.457 e. The second-order valence-corrected chi connectivity index (χ2v) is 9.39. The third-order valence-electron chi connectivity index (χ3n) is 5.65. The predicted octanol–water partition coefficient (Wildman–Crippen LogP) is 5.87. The molecule has 2 heterocycles. The van der Waals surface area contributed by atoms with E-state index in [0.29, 0.717) is 24.3 Å². The lowest BCUT2D eigenvalue weighted by Gasteiger charge is -2.23. The molecule has 1 aromatic heterocycles. The number of anilines is 2. The van der Waals surface area contributed by atoms with Crippen molar-refractivity contribution < 1.29 is 14.3 Å². The third-order valence-corrected chi connectivity index (χ3v) is 5.65. The minimum Gasteiger partial charge on any atom is -0.457 e. The van der Waals surface area contributed by atoms with Gasteiger partial charge in [0.25, 0.3) is 0 Å². The molecule has 0 unspecified atom stereocenters. The summed E-state index contributed by atoms with van der Waals surface area (Å²) in [6, 6.07) is 17.4. The average molecular weight is 462 g/mol. The van der Waals surface area contributed by atoms with Crippen LogP contribution in [0, 0.1) is 0 Å². The second kappa shape index (κ2) is 9.67. The maximum Gasteiger partial charge on any atom is 0.417 e. The molecule has 0 spiro atoms. The van der Waals surface area contributed by atoms with Gasteiger partial charge in [-0.05, 0) is 43.2 Å². The Balaban J connectivity index is 1.56. The molecule has 1 saturated heterocycles. The fourth-order valence-corrected chi connectivity index (χ4v) is 3.60. The maximum atomic E-state index is 12.4. The summed E-state index contributed by atoms with van der Waals surface area (Å²) in [6.07, 6.45) is 0.324. The van der Waals surface area contributed by atoms with Gasteiger partial charge in [0.05, 0.1) is 12.1 Å². The normalized spacial score (nSPS) is 16.8. The van der Waals surface area contributed by atoms with Crippen molar-refractivity contribution in [3.05, 3.63) is 66.0 Å². The highest BCUT2D eigenvalue weighted by molar-refractivity contribution is 5.88. The summed E-state index contributed by atoms with van der Waals surface area (Å²) in [6.45, 7) is 10.5. The summed E-state index contributed by atoms with van der Waals surface area (Å²) >= 11 is 0. The minimum atomic E-state index is -0.425. The molecule has 0 saturated carbocycles. The molecule has 8 heteroatoms. The van der Waals surface area contributed by atoms with E-state index in [9.17, 15) is 4.79 Å². The first-order valence-electron chi connectivity index (χ1n) is 11.6. The van der Waals surface area contributed by atoms with Gasteiger partial charge in [-0.15, -0.1) is 0 Å². The van der Waals surface area contributed by atoms with Crippen LogP contribution >= 0.6 is 0 Å². The first kappa shape index (κ1) is 23.5. The van der Waals surface area contributed by atoms with Crippen LogP contribution in [0.5, 0.6) is 11.5 Å². The van der Waals surface area contributed by atoms with Gasteiger partial charge in [0, 0.05) is 5.41 Å². The zero-order chi connectivity index (χ0) is 24.3. The van der Waals surface area contributed by atoms with Crippen LogP contribution in [0.1, 0.15) is 58.5 Å². The van der Waals surface area contributed by atoms with E-state index in [4.69, 9.17) is 9.47 Å². The molecule has 1 aliphatic heterocycles. The van der Waals surface area contributed by atoms with E-state index in [-0.39, 0.29) is 17.5 Å². The first-order chi connectivity index (χ1) is 16.2. The zero-order valence-electron chi connectivity index (χ0n) is 20.3. The minimum absolute atomic E-state index is 0.0821. The Morgan fingerprint density at radius 3 is 2.38 bits per heavy atom. The fraction of sp³-hybridized carbons (Fsp3) is 0.385. The van der Waals surface area contributed by atoms with Gasteiger partial charge in [-0.25, -0.2) is 9.69 Å². The number of amides is 1. The van der Waals surface area contributed by atoms with Crippen LogP contribution in [0.2, 0.25) is 0 Å². The monoisotopic (exact) mass is 461 g/mol. The van der Waals surface area contributed by atoms with Gasteiger partial charge in [-0.2, -0.15) is 15.0 Å². The van der Waals surface area contributed by atoms with Crippen LogP contribution < -0.4 is 15.0 Å². The number of ether oxygens (including phenoxy) is 2. The molecule has 4 rings (SSSR count). The zero-order valence-corrected chi connectivity index (χ0v) is 20.3. The van der Waals surface area contributed by atoms with Gasteiger partial charge in [-0.1, -0.05) is 58.0 Å². The summed E-state index contributed by atoms with van der Waals surface area (Å²) in [7, 11) is 0. The molecule has 1 fully saturated rings. The van der Waals surface area contributed by atoms with Gasteiger partial charge < -0.3 is 14.8 Å². The maximum absolute atomic E-state index is 12.4. The van der Waals surface area contributed by atoms with E-state index >= 15 is 0 Å². The SMILES string of the molecule is CC[C@H]1COC(=O)N1c1nc(N[C@@H](C)c2ccc(Oc3ccccc3)cc2)nc(C(C)(C)C)n1. The Hall–Kier alpha value is -3.68. The van der Waals surface area contributed by atoms with E-state index in [1.165, 1.54) is 4.90 Å². The number of carbonyl (C=O) groups is 1. The van der Waals surface area contributed by atoms with Gasteiger partial charge in [0.15, 0.2) is 0 Å². The number of carbonyl (C=O) groups excluding carboxylic acids is 1. The number of hydrogen-bond donors (Lipinski definition) is 1. The van der Waals surface area contributed by atoms with Crippen LogP contribution in [-0.2, 0) is 10.2 Å². The highest BCUT2D eigenvalue weighted by Crippen LogP contribution is 2.28. The number of aromatic nitrogens is 3. The second-order valence-electron chi connectivity index (χ2n) is 9.39. The van der Waals surface area contributed by atoms with Crippen molar-refractivity contribution >= 4 is 18.0 Å². The molecular formula is C26H31N5O3. The Kier molecular flexibility index (Phi) is 6.68. The number of nitrogens with zero attached hydrogens (tertiary/aromatic N) is 4. The smallest absolute Gasteiger partial charge is 0.417 e. The molecule has 1 aliphatic rings. The lowest BCUT2D eigenvalue weighted by molar-refractivity contribution is 0.178. The average Bonchev–Trinajstić information content (AvgIpc) is 3.20. The quantitative estimate of drug-likeness (QED) is 0.471. The van der Waals surface area contributed by atoms with E-state index in [0.717, 1.165) is 23.5 Å². The third kappa shape index (κ3) is 5.27. The summed E-state index contributed by atoms with van der Waals surface area (Å²) in [5.74, 6) is 2.89. The van der Waals surface area contributed by atoms with E-state index in [1.807, 2.05) is 89.2 Å². The standard InChI is InChI=1S/C26H31N5O3/c1-6-19-16-33-25(32)31(19)24-29-22(26(3,4)5)28-23(30-24)27-17(2)18-12-14-21(15-13-18)34-20-10-8-7-9-11-20/h7-15,17,19H,6,16H2,1-5H3,(H,27,28,29,30)/t17-,19-/m0/s1. The molecule has 1 N–H and O–H groups in total. The Bertz CT molecular complexity index is 1130. The number of para-hydroxylation sites is 1. The van der Waals surface area contributed by atoms with Gasteiger partial charge in [-0.3, -0.25) is 0 Å². The van der Waals surface area contributed by atoms with Crippen molar-refractivity contribution in [2.75, 3.05) is 16.8 Å². The molecule has 34 heavy (non-hydrogen) atoms. The van der Waals surface area contributed by atoms with Gasteiger partial charge >= 0.3 is 6.09 Å². The highest BCUT2D eigenvalue weighted by atomic mass is 16.6. The van der Waals surface area contributed by atoms with Crippen molar-refractivity contribution in [3.63, 3.8) is 0 Å². The molecule has 0 radical (unpaired) electrons. The van der Waals surface area contributed by atoms with Crippen molar-refractivity contribution in [1.29, 1.82) is 0 Å². The Morgan fingerprint density at radius 1 is 1.06 bits per heavy atom. The topological polar surface area (TPSA) is 89.5 Å². The number of cyclic esters (lactones) is 1. The molecule has 0 aliphatic carbocycles. The van der Waals surface area contributed by atoms with Crippen molar-refractivity contribution in [3.8, 4) is 11.5 Å².